The Bertz CT molecular complexity index is 261. The summed E-state index contributed by atoms with van der Waals surface area (Å²) >= 11 is 1.09. The lowest BCUT2D eigenvalue weighted by molar-refractivity contribution is -0.113. The van der Waals surface area contributed by atoms with Gasteiger partial charge in [0.05, 0.1) is 0 Å². The number of nitrogens with zero attached hydrogens (tertiary/aromatic N) is 1. The van der Waals surface area contributed by atoms with Crippen LogP contribution in [0.3, 0.4) is 0 Å². The molecule has 0 saturated heterocycles. The number of nitrogens with two attached hydrogens (primary N) is 1. The predicted molar refractivity (Wildman–Crippen MR) is 54.9 cm³/mol. The number of rotatable bonds is 4. The van der Waals surface area contributed by atoms with Gasteiger partial charge in [0, 0.05) is 16.5 Å². The molecule has 1 atom stereocenters. The van der Waals surface area contributed by atoms with E-state index in [9.17, 15) is 4.79 Å². The first-order valence-electron chi connectivity index (χ1n) is 4.06. The maximum atomic E-state index is 11.2. The number of carbonyl (C=O) groups excluding carboxylic acids is 1. The first kappa shape index (κ1) is 12.0. The number of nitriles is 1. The second kappa shape index (κ2) is 5.65. The van der Waals surface area contributed by atoms with Crippen molar-refractivity contribution >= 4 is 17.5 Å². The van der Waals surface area contributed by atoms with E-state index in [1.165, 1.54) is 6.92 Å². The molecule has 72 valence electrons. The van der Waals surface area contributed by atoms with Gasteiger partial charge in [-0.3, -0.25) is 4.79 Å². The van der Waals surface area contributed by atoms with Crippen molar-refractivity contribution in [2.75, 3.05) is 0 Å². The molecule has 13 heavy (non-hydrogen) atoms. The fourth-order valence-corrected chi connectivity index (χ4v) is 1.93. The summed E-state index contributed by atoms with van der Waals surface area (Å²) in [7, 11) is 0. The van der Waals surface area contributed by atoms with Gasteiger partial charge in [0.15, 0.2) is 5.78 Å². The summed E-state index contributed by atoms with van der Waals surface area (Å²) in [4.78, 5) is 11.2. The summed E-state index contributed by atoms with van der Waals surface area (Å²) in [6.07, 6.45) is 0.738. The molecule has 0 aliphatic heterocycles. The first-order valence-corrected chi connectivity index (χ1v) is 4.94. The molecule has 4 heteroatoms. The highest BCUT2D eigenvalue weighted by atomic mass is 32.2. The van der Waals surface area contributed by atoms with Crippen LogP contribution in [-0.4, -0.2) is 11.0 Å². The van der Waals surface area contributed by atoms with Gasteiger partial charge in [0.2, 0.25) is 0 Å². The van der Waals surface area contributed by atoms with Crippen LogP contribution >= 0.6 is 11.8 Å². The quantitative estimate of drug-likeness (QED) is 0.552. The van der Waals surface area contributed by atoms with E-state index in [0.29, 0.717) is 11.3 Å². The topological polar surface area (TPSA) is 66.9 Å². The number of hydrogen-bond donors (Lipinski definition) is 1. The Morgan fingerprint density at radius 1 is 1.62 bits per heavy atom. The maximum Gasteiger partial charge on any atom is 0.158 e. The van der Waals surface area contributed by atoms with Crippen LogP contribution in [0.4, 0.5) is 0 Å². The summed E-state index contributed by atoms with van der Waals surface area (Å²) in [5, 5.41) is 10.4. The Balaban J connectivity index is 4.84. The van der Waals surface area contributed by atoms with E-state index in [-0.39, 0.29) is 11.0 Å². The minimum Gasteiger partial charge on any atom is -0.402 e. The van der Waals surface area contributed by atoms with Gasteiger partial charge in [-0.15, -0.1) is 0 Å². The fourth-order valence-electron chi connectivity index (χ4n) is 1.17. The Morgan fingerprint density at radius 3 is 2.38 bits per heavy atom. The molecule has 0 aromatic heterocycles. The summed E-state index contributed by atoms with van der Waals surface area (Å²) < 4.78 is 0. The molecule has 2 N–H and O–H groups in total. The zero-order valence-corrected chi connectivity index (χ0v) is 8.94. The lowest BCUT2D eigenvalue weighted by Crippen LogP contribution is -2.17. The maximum absolute atomic E-state index is 11.2. The molecule has 0 heterocycles. The van der Waals surface area contributed by atoms with Crippen molar-refractivity contribution in [3.8, 4) is 5.40 Å². The van der Waals surface area contributed by atoms with Crippen LogP contribution in [0.5, 0.6) is 0 Å². The standard InChI is InChI=1S/C9H14N2OS/c1-4-8(13-5-10)9(6(2)11)7(3)12/h8H,4,11H2,1-3H3. The number of hydrogen-bond acceptors (Lipinski definition) is 4. The van der Waals surface area contributed by atoms with E-state index < -0.39 is 0 Å². The van der Waals surface area contributed by atoms with E-state index in [1.807, 2.05) is 12.3 Å². The fraction of sp³-hybridized carbons (Fsp3) is 0.556. The average Bonchev–Trinajstić information content (AvgIpc) is 2.02. The summed E-state index contributed by atoms with van der Waals surface area (Å²) in [5.74, 6) is -0.0467. The lowest BCUT2D eigenvalue weighted by atomic mass is 10.0. The lowest BCUT2D eigenvalue weighted by Gasteiger charge is -2.13. The molecule has 0 aromatic carbocycles. The van der Waals surface area contributed by atoms with Crippen molar-refractivity contribution in [1.82, 2.24) is 0 Å². The van der Waals surface area contributed by atoms with E-state index in [0.717, 1.165) is 18.2 Å². The third-order valence-corrected chi connectivity index (χ3v) is 2.65. The van der Waals surface area contributed by atoms with Gasteiger partial charge in [-0.25, -0.2) is 0 Å². The second-order valence-electron chi connectivity index (χ2n) is 2.76. The minimum absolute atomic E-state index is 0.0467. The number of ketones is 1. The van der Waals surface area contributed by atoms with Gasteiger partial charge in [0.1, 0.15) is 5.40 Å². The molecular formula is C9H14N2OS. The summed E-state index contributed by atoms with van der Waals surface area (Å²) in [6, 6.07) is 0. The largest absolute Gasteiger partial charge is 0.402 e. The van der Waals surface area contributed by atoms with Crippen molar-refractivity contribution in [3.63, 3.8) is 0 Å². The van der Waals surface area contributed by atoms with Crippen LogP contribution in [0.25, 0.3) is 0 Å². The third-order valence-electron chi connectivity index (χ3n) is 1.69. The van der Waals surface area contributed by atoms with Crippen molar-refractivity contribution in [2.24, 2.45) is 5.73 Å². The van der Waals surface area contributed by atoms with Gasteiger partial charge >= 0.3 is 0 Å². The SMILES string of the molecule is CCC(SC#N)C(C(C)=O)=C(C)N. The number of Topliss-reactive ketones (excluding diaryl/α,β-unsaturated/α-hetero) is 1. The molecule has 0 fully saturated rings. The molecule has 0 saturated carbocycles. The predicted octanol–water partition coefficient (Wildman–Crippen LogP) is 1.80. The number of thiocyanates is 1. The van der Waals surface area contributed by atoms with Crippen molar-refractivity contribution in [3.05, 3.63) is 11.3 Å². The zero-order valence-electron chi connectivity index (χ0n) is 8.13. The number of thioether (sulfide) groups is 1. The van der Waals surface area contributed by atoms with Crippen molar-refractivity contribution in [1.29, 1.82) is 5.26 Å². The van der Waals surface area contributed by atoms with Gasteiger partial charge < -0.3 is 5.73 Å². The Morgan fingerprint density at radius 2 is 2.15 bits per heavy atom. The van der Waals surface area contributed by atoms with Gasteiger partial charge in [-0.1, -0.05) is 6.92 Å². The summed E-state index contributed by atoms with van der Waals surface area (Å²) in [5.41, 5.74) is 6.67. The normalized spacial score (nSPS) is 14.3. The van der Waals surface area contributed by atoms with Crippen LogP contribution in [0.1, 0.15) is 27.2 Å². The molecule has 0 radical (unpaired) electrons. The molecule has 0 amide bonds. The second-order valence-corrected chi connectivity index (χ2v) is 3.75. The van der Waals surface area contributed by atoms with E-state index in [4.69, 9.17) is 11.0 Å². The third kappa shape index (κ3) is 3.51. The molecular weight excluding hydrogens is 184 g/mol. The Labute approximate surface area is 83.0 Å². The Hall–Kier alpha value is -0.950. The van der Waals surface area contributed by atoms with E-state index in [1.54, 1.807) is 6.92 Å². The van der Waals surface area contributed by atoms with Gasteiger partial charge in [-0.2, -0.15) is 5.26 Å². The molecule has 0 bridgehead atoms. The molecule has 0 aliphatic rings. The highest BCUT2D eigenvalue weighted by Crippen LogP contribution is 2.23. The smallest absolute Gasteiger partial charge is 0.158 e. The van der Waals surface area contributed by atoms with Crippen LogP contribution in [0.2, 0.25) is 0 Å². The van der Waals surface area contributed by atoms with Gasteiger partial charge in [-0.05, 0) is 32.0 Å². The highest BCUT2D eigenvalue weighted by molar-refractivity contribution is 8.04. The van der Waals surface area contributed by atoms with Crippen molar-refractivity contribution in [2.45, 2.75) is 32.4 Å². The molecule has 0 aliphatic carbocycles. The van der Waals surface area contributed by atoms with Crippen LogP contribution in [0.15, 0.2) is 11.3 Å². The zero-order chi connectivity index (χ0) is 10.4. The van der Waals surface area contributed by atoms with Crippen LogP contribution in [-0.2, 0) is 4.79 Å². The molecule has 0 aromatic rings. The van der Waals surface area contributed by atoms with E-state index >= 15 is 0 Å². The van der Waals surface area contributed by atoms with Crippen LogP contribution in [0, 0.1) is 10.7 Å². The minimum atomic E-state index is -0.0903. The number of carbonyl (C=O) groups is 1. The highest BCUT2D eigenvalue weighted by Gasteiger charge is 2.18. The van der Waals surface area contributed by atoms with Crippen LogP contribution < -0.4 is 5.73 Å². The first-order chi connectivity index (χ1) is 6.04. The molecule has 0 spiro atoms. The molecule has 0 rings (SSSR count). The van der Waals surface area contributed by atoms with E-state index in [2.05, 4.69) is 0 Å². The van der Waals surface area contributed by atoms with Crippen molar-refractivity contribution < 1.29 is 4.79 Å². The van der Waals surface area contributed by atoms with Gasteiger partial charge in [0.25, 0.3) is 0 Å². The average molecular weight is 198 g/mol. The Kier molecular flexibility index (Phi) is 5.24. The number of allylic oxidation sites excluding steroid dienone is 1. The molecule has 1 unspecified atom stereocenters. The monoisotopic (exact) mass is 198 g/mol. The molecule has 3 nitrogen and oxygen atoms in total. The summed E-state index contributed by atoms with van der Waals surface area (Å²) in [6.45, 7) is 5.10.